The van der Waals surface area contributed by atoms with E-state index in [1.54, 1.807) is 20.4 Å². The van der Waals surface area contributed by atoms with E-state index < -0.39 is 0 Å². The summed E-state index contributed by atoms with van der Waals surface area (Å²) in [5.41, 5.74) is 1.79. The van der Waals surface area contributed by atoms with Crippen molar-refractivity contribution < 1.29 is 23.7 Å². The Bertz CT molecular complexity index is 1550. The largest absolute Gasteiger partial charge is 0.493 e. The molecule has 2 heterocycles. The fraction of sp³-hybridized carbons (Fsp3) is 0.375. The summed E-state index contributed by atoms with van der Waals surface area (Å²) in [6.07, 6.45) is 5.58. The van der Waals surface area contributed by atoms with Crippen LogP contribution < -0.4 is 19.5 Å². The van der Waals surface area contributed by atoms with Crippen LogP contribution in [0.4, 0.5) is 0 Å². The smallest absolute Gasteiger partial charge is 0.251 e. The lowest BCUT2D eigenvalue weighted by Gasteiger charge is -2.17. The maximum atomic E-state index is 12.3. The van der Waals surface area contributed by atoms with Crippen molar-refractivity contribution in [3.05, 3.63) is 66.4 Å². The van der Waals surface area contributed by atoms with E-state index in [-0.39, 0.29) is 5.91 Å². The maximum Gasteiger partial charge on any atom is 0.251 e. The predicted molar refractivity (Wildman–Crippen MR) is 155 cm³/mol. The van der Waals surface area contributed by atoms with Crippen molar-refractivity contribution in [1.82, 2.24) is 15.2 Å². The van der Waals surface area contributed by atoms with Crippen molar-refractivity contribution in [2.24, 2.45) is 5.41 Å². The highest BCUT2D eigenvalue weighted by molar-refractivity contribution is 6.07. The number of carbonyl (C=O) groups is 1. The number of hydrogen-bond acceptors (Lipinski definition) is 7. The normalized spacial score (nSPS) is 17.8. The van der Waals surface area contributed by atoms with Gasteiger partial charge in [-0.3, -0.25) is 14.7 Å². The van der Waals surface area contributed by atoms with Crippen LogP contribution in [-0.4, -0.2) is 69.4 Å². The lowest BCUT2D eigenvalue weighted by Crippen LogP contribution is -2.25. The first kappa shape index (κ1) is 26.3. The molecule has 1 unspecified atom stereocenters. The molecule has 1 N–H and O–H groups in total. The summed E-state index contributed by atoms with van der Waals surface area (Å²) in [4.78, 5) is 19.3. The number of rotatable bonds is 10. The van der Waals surface area contributed by atoms with Gasteiger partial charge in [-0.1, -0.05) is 12.1 Å². The molecular formula is C32H35N3O5. The summed E-state index contributed by atoms with van der Waals surface area (Å²) in [5.74, 6) is 2.51. The molecular weight excluding hydrogens is 506 g/mol. The predicted octanol–water partition coefficient (Wildman–Crippen LogP) is 5.43. The van der Waals surface area contributed by atoms with E-state index in [0.717, 1.165) is 47.7 Å². The number of nitrogens with zero attached hydrogens (tertiary/aromatic N) is 2. The Hall–Kier alpha value is -3.88. The number of ether oxygens (including phenoxy) is 4. The van der Waals surface area contributed by atoms with Crippen LogP contribution in [-0.2, 0) is 4.74 Å². The molecule has 3 aromatic carbocycles. The molecule has 1 aromatic heterocycles. The zero-order chi connectivity index (χ0) is 27.7. The molecule has 208 valence electrons. The Morgan fingerprint density at radius 2 is 1.93 bits per heavy atom. The SMILES string of the molecule is CNC(=O)c1cccc2cc(Oc3ccnc4cc(OCCCN5CC(OC)C6(CC6)C5)c(OC)cc34)ccc12. The van der Waals surface area contributed by atoms with Gasteiger partial charge in [-0.05, 0) is 66.4 Å². The summed E-state index contributed by atoms with van der Waals surface area (Å²) >= 11 is 0. The van der Waals surface area contributed by atoms with Gasteiger partial charge in [0.15, 0.2) is 11.5 Å². The number of fused-ring (bicyclic) bond motifs is 2. The van der Waals surface area contributed by atoms with Crippen molar-refractivity contribution in [3.8, 4) is 23.0 Å². The fourth-order valence-electron chi connectivity index (χ4n) is 5.92. The summed E-state index contributed by atoms with van der Waals surface area (Å²) in [6, 6.07) is 17.0. The van der Waals surface area contributed by atoms with E-state index in [9.17, 15) is 4.79 Å². The molecule has 8 nitrogen and oxygen atoms in total. The quantitative estimate of drug-likeness (QED) is 0.268. The van der Waals surface area contributed by atoms with Gasteiger partial charge in [0.05, 0.1) is 25.3 Å². The maximum absolute atomic E-state index is 12.3. The van der Waals surface area contributed by atoms with Crippen LogP contribution in [0.2, 0.25) is 0 Å². The minimum Gasteiger partial charge on any atom is -0.493 e. The molecule has 40 heavy (non-hydrogen) atoms. The second-order valence-corrected chi connectivity index (χ2v) is 10.7. The number of aromatic nitrogens is 1. The third-order valence-corrected chi connectivity index (χ3v) is 8.24. The van der Waals surface area contributed by atoms with Gasteiger partial charge >= 0.3 is 0 Å². The van der Waals surface area contributed by atoms with Crippen molar-refractivity contribution >= 4 is 27.6 Å². The molecule has 1 atom stereocenters. The lowest BCUT2D eigenvalue weighted by atomic mass is 10.0. The molecule has 1 saturated carbocycles. The van der Waals surface area contributed by atoms with Crippen molar-refractivity contribution in [2.75, 3.05) is 47.5 Å². The Balaban J connectivity index is 1.16. The van der Waals surface area contributed by atoms with Gasteiger partial charge < -0.3 is 24.3 Å². The van der Waals surface area contributed by atoms with Crippen molar-refractivity contribution in [1.29, 1.82) is 0 Å². The van der Waals surface area contributed by atoms with E-state index in [0.29, 0.717) is 46.7 Å². The standard InChI is InChI=1S/C32H35N3O5/c1-33-31(36)24-7-4-6-21-16-22(8-9-23(21)24)40-27-10-13-34-26-18-29(28(37-2)17-25(26)27)39-15-5-14-35-19-30(38-3)32(20-35)11-12-32/h4,6-10,13,16-18,30H,5,11-12,14-15,19-20H2,1-3H3,(H,33,36). The lowest BCUT2D eigenvalue weighted by molar-refractivity contribution is 0.0697. The van der Waals surface area contributed by atoms with Gasteiger partial charge in [-0.25, -0.2) is 0 Å². The fourth-order valence-corrected chi connectivity index (χ4v) is 5.92. The molecule has 2 fully saturated rings. The van der Waals surface area contributed by atoms with E-state index in [2.05, 4.69) is 15.2 Å². The van der Waals surface area contributed by atoms with Gasteiger partial charge in [0, 0.05) is 62.4 Å². The summed E-state index contributed by atoms with van der Waals surface area (Å²) < 4.78 is 23.9. The number of carbonyl (C=O) groups excluding carboxylic acids is 1. The molecule has 4 aromatic rings. The number of pyridine rings is 1. The van der Waals surface area contributed by atoms with E-state index in [4.69, 9.17) is 18.9 Å². The Morgan fingerprint density at radius 1 is 1.05 bits per heavy atom. The highest BCUT2D eigenvalue weighted by atomic mass is 16.5. The number of likely N-dealkylation sites (tertiary alicyclic amines) is 1. The van der Waals surface area contributed by atoms with Crippen LogP contribution in [0.15, 0.2) is 60.8 Å². The van der Waals surface area contributed by atoms with Gasteiger partial charge in [0.2, 0.25) is 0 Å². The first-order chi connectivity index (χ1) is 19.5. The van der Waals surface area contributed by atoms with E-state index >= 15 is 0 Å². The molecule has 8 heteroatoms. The zero-order valence-corrected chi connectivity index (χ0v) is 23.2. The molecule has 1 aliphatic carbocycles. The number of hydrogen-bond donors (Lipinski definition) is 1. The highest BCUT2D eigenvalue weighted by Crippen LogP contribution is 2.53. The zero-order valence-electron chi connectivity index (χ0n) is 23.2. The van der Waals surface area contributed by atoms with Gasteiger partial charge in [-0.15, -0.1) is 0 Å². The van der Waals surface area contributed by atoms with Crippen LogP contribution in [0, 0.1) is 5.41 Å². The van der Waals surface area contributed by atoms with Crippen LogP contribution in [0.25, 0.3) is 21.7 Å². The minimum absolute atomic E-state index is 0.119. The van der Waals surface area contributed by atoms with Crippen molar-refractivity contribution in [2.45, 2.75) is 25.4 Å². The molecule has 0 bridgehead atoms. The third kappa shape index (κ3) is 5.05. The van der Waals surface area contributed by atoms with Crippen molar-refractivity contribution in [3.63, 3.8) is 0 Å². The molecule has 2 aliphatic rings. The van der Waals surface area contributed by atoms with E-state index in [1.807, 2.05) is 61.7 Å². The summed E-state index contributed by atoms with van der Waals surface area (Å²) in [5, 5.41) is 5.31. The van der Waals surface area contributed by atoms with Gasteiger partial charge in [0.25, 0.3) is 5.91 Å². The molecule has 0 radical (unpaired) electrons. The topological polar surface area (TPSA) is 82.2 Å². The highest BCUT2D eigenvalue weighted by Gasteiger charge is 2.55. The number of nitrogens with one attached hydrogen (secondary N) is 1. The van der Waals surface area contributed by atoms with E-state index in [1.165, 1.54) is 12.8 Å². The average Bonchev–Trinajstić information content (AvgIpc) is 3.67. The molecule has 6 rings (SSSR count). The second kappa shape index (κ2) is 10.9. The Morgan fingerprint density at radius 3 is 2.67 bits per heavy atom. The molecule has 1 amide bonds. The monoisotopic (exact) mass is 541 g/mol. The summed E-state index contributed by atoms with van der Waals surface area (Å²) in [6.45, 7) is 3.72. The van der Waals surface area contributed by atoms with Crippen LogP contribution in [0.5, 0.6) is 23.0 Å². The first-order valence-electron chi connectivity index (χ1n) is 13.8. The minimum atomic E-state index is -0.119. The van der Waals surface area contributed by atoms with Crippen LogP contribution >= 0.6 is 0 Å². The number of benzene rings is 3. The van der Waals surface area contributed by atoms with Crippen LogP contribution in [0.1, 0.15) is 29.6 Å². The Kier molecular flexibility index (Phi) is 7.21. The summed E-state index contributed by atoms with van der Waals surface area (Å²) in [7, 11) is 5.11. The molecule has 1 saturated heterocycles. The van der Waals surface area contributed by atoms with Gasteiger partial charge in [0.1, 0.15) is 11.5 Å². The molecule has 1 aliphatic heterocycles. The first-order valence-corrected chi connectivity index (χ1v) is 13.8. The van der Waals surface area contributed by atoms with Gasteiger partial charge in [-0.2, -0.15) is 0 Å². The third-order valence-electron chi connectivity index (χ3n) is 8.24. The van der Waals surface area contributed by atoms with Crippen LogP contribution in [0.3, 0.4) is 0 Å². The number of methoxy groups -OCH3 is 2. The Labute approximate surface area is 234 Å². The number of amides is 1. The second-order valence-electron chi connectivity index (χ2n) is 10.7. The molecule has 1 spiro atoms. The average molecular weight is 542 g/mol.